The van der Waals surface area contributed by atoms with Crippen molar-refractivity contribution in [3.05, 3.63) is 52.0 Å². The summed E-state index contributed by atoms with van der Waals surface area (Å²) in [6.45, 7) is 3.84. The second-order valence-electron chi connectivity index (χ2n) is 10.3. The van der Waals surface area contributed by atoms with E-state index in [9.17, 15) is 13.2 Å². The molecule has 3 aliphatic rings. The Balaban J connectivity index is 1.28. The number of ether oxygens (including phenoxy) is 2. The molecule has 3 heterocycles. The second kappa shape index (κ2) is 11.7. The molecule has 200 valence electrons. The van der Waals surface area contributed by atoms with E-state index in [-0.39, 0.29) is 23.2 Å². The Morgan fingerprint density at radius 1 is 1.19 bits per heavy atom. The molecular weight excluding hydrogens is 508 g/mol. The first kappa shape index (κ1) is 26.4. The summed E-state index contributed by atoms with van der Waals surface area (Å²) >= 11 is 1.62. The maximum absolute atomic E-state index is 12.7. The van der Waals surface area contributed by atoms with Crippen molar-refractivity contribution >= 4 is 32.8 Å². The highest BCUT2D eigenvalue weighted by molar-refractivity contribution is 7.92. The fraction of sp³-hybridized carbons (Fsp3) is 0.571. The minimum Gasteiger partial charge on any atom is -0.466 e. The minimum absolute atomic E-state index is 0.178. The van der Waals surface area contributed by atoms with Crippen molar-refractivity contribution in [2.24, 2.45) is 5.92 Å². The lowest BCUT2D eigenvalue weighted by atomic mass is 9.80. The molecular formula is C28H36N2O5S2. The fourth-order valence-electron chi connectivity index (χ4n) is 5.33. The van der Waals surface area contributed by atoms with Crippen LogP contribution in [-0.2, 0) is 30.5 Å². The molecule has 1 aromatic heterocycles. The van der Waals surface area contributed by atoms with Gasteiger partial charge in [-0.3, -0.25) is 4.79 Å². The van der Waals surface area contributed by atoms with Crippen molar-refractivity contribution in [2.45, 2.75) is 80.4 Å². The van der Waals surface area contributed by atoms with Gasteiger partial charge in [-0.15, -0.1) is 11.3 Å². The summed E-state index contributed by atoms with van der Waals surface area (Å²) in [5, 5.41) is 4.48. The summed E-state index contributed by atoms with van der Waals surface area (Å²) in [7, 11) is -3.19. The van der Waals surface area contributed by atoms with Crippen LogP contribution in [0.25, 0.3) is 5.70 Å². The smallest absolute Gasteiger partial charge is 0.306 e. The number of sulfone groups is 1. The Morgan fingerprint density at radius 3 is 2.65 bits per heavy atom. The highest BCUT2D eigenvalue weighted by Crippen LogP contribution is 2.38. The number of nitrogens with zero attached hydrogens (tertiary/aromatic N) is 1. The third-order valence-electron chi connectivity index (χ3n) is 7.60. The number of carbonyl (C=O) groups excluding carboxylic acids is 1. The van der Waals surface area contributed by atoms with Gasteiger partial charge in [-0.1, -0.05) is 18.2 Å². The summed E-state index contributed by atoms with van der Waals surface area (Å²) in [6, 6.07) is 7.88. The van der Waals surface area contributed by atoms with Gasteiger partial charge in [-0.2, -0.15) is 0 Å². The van der Waals surface area contributed by atoms with Crippen molar-refractivity contribution in [3.8, 4) is 0 Å². The zero-order valence-corrected chi connectivity index (χ0v) is 23.0. The number of hydrogen-bond donors (Lipinski definition) is 1. The third-order valence-corrected chi connectivity index (χ3v) is 11.0. The first-order chi connectivity index (χ1) is 17.9. The van der Waals surface area contributed by atoms with E-state index in [0.717, 1.165) is 67.3 Å². The van der Waals surface area contributed by atoms with Crippen LogP contribution in [0.3, 0.4) is 0 Å². The number of thiazole rings is 1. The number of benzene rings is 1. The molecule has 2 atom stereocenters. The molecule has 0 bridgehead atoms. The number of hydrogen-bond acceptors (Lipinski definition) is 8. The van der Waals surface area contributed by atoms with Gasteiger partial charge in [-0.25, -0.2) is 13.4 Å². The van der Waals surface area contributed by atoms with Gasteiger partial charge in [0.25, 0.3) is 0 Å². The standard InChI is InChI=1S/C28H36N2O5S2/c1-2-35-27(31)12-5-21-18-29-28(36-21)26-11-10-25(30-26)24(17-19-13-15-34-16-14-19)20-3-6-22(7-4-20)37(32,33)23-8-9-23/h3-4,6-7,11,18-19,23-25,30H,2,5,8-10,12-17H2,1H3. The molecule has 0 amide bonds. The fourth-order valence-corrected chi connectivity index (χ4v) is 7.90. The number of esters is 1. The molecule has 1 saturated carbocycles. The molecule has 9 heteroatoms. The van der Waals surface area contributed by atoms with Crippen molar-refractivity contribution in [2.75, 3.05) is 19.8 Å². The number of aryl methyl sites for hydroxylation is 1. The minimum atomic E-state index is -3.19. The van der Waals surface area contributed by atoms with E-state index in [1.807, 2.05) is 25.3 Å². The van der Waals surface area contributed by atoms with Crippen LogP contribution < -0.4 is 5.32 Å². The van der Waals surface area contributed by atoms with Crippen molar-refractivity contribution in [1.29, 1.82) is 0 Å². The number of aromatic nitrogens is 1. The van der Waals surface area contributed by atoms with Crippen LogP contribution >= 0.6 is 11.3 Å². The maximum Gasteiger partial charge on any atom is 0.306 e. The van der Waals surface area contributed by atoms with Crippen LogP contribution in [0.1, 0.15) is 73.2 Å². The Morgan fingerprint density at radius 2 is 1.95 bits per heavy atom. The molecule has 37 heavy (non-hydrogen) atoms. The van der Waals surface area contributed by atoms with Crippen LogP contribution in [0.4, 0.5) is 0 Å². The molecule has 2 fully saturated rings. The van der Waals surface area contributed by atoms with Crippen LogP contribution in [0.5, 0.6) is 0 Å². The van der Waals surface area contributed by atoms with Gasteiger partial charge in [0.15, 0.2) is 9.84 Å². The quantitative estimate of drug-likeness (QED) is 0.403. The maximum atomic E-state index is 12.7. The first-order valence-corrected chi connectivity index (χ1v) is 15.8. The molecule has 2 aromatic rings. The Kier molecular flexibility index (Phi) is 8.31. The highest BCUT2D eigenvalue weighted by atomic mass is 32.2. The summed E-state index contributed by atoms with van der Waals surface area (Å²) in [5.41, 5.74) is 2.23. The summed E-state index contributed by atoms with van der Waals surface area (Å²) < 4.78 is 36.0. The predicted octanol–water partition coefficient (Wildman–Crippen LogP) is 4.88. The third kappa shape index (κ3) is 6.44. The molecule has 2 unspecified atom stereocenters. The van der Waals surface area contributed by atoms with Crippen LogP contribution in [0.15, 0.2) is 41.4 Å². The zero-order valence-electron chi connectivity index (χ0n) is 21.4. The van der Waals surface area contributed by atoms with E-state index >= 15 is 0 Å². The van der Waals surface area contributed by atoms with Crippen LogP contribution in [-0.4, -0.2) is 50.5 Å². The molecule has 1 saturated heterocycles. The van der Waals surface area contributed by atoms with Gasteiger partial charge >= 0.3 is 5.97 Å². The topological polar surface area (TPSA) is 94.6 Å². The largest absolute Gasteiger partial charge is 0.466 e. The van der Waals surface area contributed by atoms with E-state index in [1.165, 1.54) is 5.56 Å². The number of carbonyl (C=O) groups is 1. The molecule has 7 nitrogen and oxygen atoms in total. The van der Waals surface area contributed by atoms with Crippen molar-refractivity contribution in [1.82, 2.24) is 10.3 Å². The van der Waals surface area contributed by atoms with Crippen molar-refractivity contribution in [3.63, 3.8) is 0 Å². The van der Waals surface area contributed by atoms with Gasteiger partial charge in [0, 0.05) is 36.2 Å². The van der Waals surface area contributed by atoms with Gasteiger partial charge < -0.3 is 14.8 Å². The molecule has 5 rings (SSSR count). The molecule has 1 aromatic carbocycles. The lowest BCUT2D eigenvalue weighted by Gasteiger charge is -2.31. The second-order valence-corrected chi connectivity index (χ2v) is 13.6. The zero-order chi connectivity index (χ0) is 25.8. The summed E-state index contributed by atoms with van der Waals surface area (Å²) in [6.07, 6.45) is 10.7. The molecule has 1 aliphatic carbocycles. The van der Waals surface area contributed by atoms with E-state index in [4.69, 9.17) is 9.47 Å². The van der Waals surface area contributed by atoms with Gasteiger partial charge in [0.05, 0.1) is 28.9 Å². The average molecular weight is 545 g/mol. The molecule has 2 aliphatic heterocycles. The van der Waals surface area contributed by atoms with Gasteiger partial charge in [0.1, 0.15) is 5.01 Å². The van der Waals surface area contributed by atoms with Gasteiger partial charge in [0.2, 0.25) is 0 Å². The van der Waals surface area contributed by atoms with E-state index < -0.39 is 9.84 Å². The molecule has 0 radical (unpaired) electrons. The van der Waals surface area contributed by atoms with Crippen LogP contribution in [0.2, 0.25) is 0 Å². The predicted molar refractivity (Wildman–Crippen MR) is 144 cm³/mol. The normalized spacial score (nSPS) is 21.3. The Hall–Kier alpha value is -2.23. The number of rotatable bonds is 11. The van der Waals surface area contributed by atoms with E-state index in [2.05, 4.69) is 16.4 Å². The highest BCUT2D eigenvalue weighted by Gasteiger charge is 2.37. The van der Waals surface area contributed by atoms with Crippen LogP contribution in [0, 0.1) is 5.92 Å². The average Bonchev–Trinajstić information content (AvgIpc) is 3.49. The Bertz CT molecular complexity index is 1210. The molecule has 1 N–H and O–H groups in total. The van der Waals surface area contributed by atoms with Crippen molar-refractivity contribution < 1.29 is 22.7 Å². The first-order valence-electron chi connectivity index (χ1n) is 13.4. The SMILES string of the molecule is CCOC(=O)CCc1cnc(C2=CCC(C(CC3CCOCC3)c3ccc(S(=O)(=O)C4CC4)cc3)N2)s1. The lowest BCUT2D eigenvalue weighted by molar-refractivity contribution is -0.143. The molecule has 0 spiro atoms. The van der Waals surface area contributed by atoms with E-state index in [1.54, 1.807) is 23.5 Å². The van der Waals surface area contributed by atoms with E-state index in [0.29, 0.717) is 30.3 Å². The number of nitrogens with one attached hydrogen (secondary N) is 1. The summed E-state index contributed by atoms with van der Waals surface area (Å²) in [4.78, 5) is 17.8. The van der Waals surface area contributed by atoms with Gasteiger partial charge in [-0.05, 0) is 75.5 Å². The lowest BCUT2D eigenvalue weighted by Crippen LogP contribution is -2.32. The summed E-state index contributed by atoms with van der Waals surface area (Å²) in [5.74, 6) is 0.675. The Labute approximate surface area is 223 Å². The monoisotopic (exact) mass is 544 g/mol.